The van der Waals surface area contributed by atoms with Gasteiger partial charge in [-0.1, -0.05) is 0 Å². The van der Waals surface area contributed by atoms with Gasteiger partial charge >= 0.3 is 0 Å². The van der Waals surface area contributed by atoms with Gasteiger partial charge in [0, 0.05) is 19.2 Å². The van der Waals surface area contributed by atoms with E-state index >= 15 is 0 Å². The van der Waals surface area contributed by atoms with Crippen LogP contribution < -0.4 is 0 Å². The number of nitrogens with zero attached hydrogens (tertiary/aromatic N) is 3. The van der Waals surface area contributed by atoms with Crippen LogP contribution in [-0.4, -0.2) is 24.9 Å². The molecule has 0 saturated carbocycles. The second-order valence-corrected chi connectivity index (χ2v) is 4.07. The number of hydrogen-bond donors (Lipinski definition) is 1. The molecule has 86 valence electrons. The summed E-state index contributed by atoms with van der Waals surface area (Å²) in [6.45, 7) is 0. The molecule has 0 aliphatic carbocycles. The lowest BCUT2D eigenvalue weighted by Gasteiger charge is -2.00. The van der Waals surface area contributed by atoms with Gasteiger partial charge in [0.2, 0.25) is 0 Å². The fourth-order valence-corrected chi connectivity index (χ4v) is 1.66. The fourth-order valence-electron chi connectivity index (χ4n) is 1.01. The van der Waals surface area contributed by atoms with Crippen LogP contribution in [0.2, 0.25) is 0 Å². The van der Waals surface area contributed by atoms with E-state index in [9.17, 15) is 18.5 Å². The van der Waals surface area contributed by atoms with Crippen LogP contribution >= 0.6 is 0 Å². The third-order valence-corrected chi connectivity index (χ3v) is 2.52. The predicted octanol–water partition coefficient (Wildman–Crippen LogP) is 1.56. The Morgan fingerprint density at radius 3 is 2.50 bits per heavy atom. The van der Waals surface area contributed by atoms with Gasteiger partial charge in [-0.25, -0.2) is 0 Å². The van der Waals surface area contributed by atoms with E-state index in [4.69, 9.17) is 4.55 Å². The van der Waals surface area contributed by atoms with Gasteiger partial charge in [0.25, 0.3) is 15.8 Å². The number of benzene rings is 1. The Morgan fingerprint density at radius 1 is 1.44 bits per heavy atom. The first-order valence-electron chi connectivity index (χ1n) is 3.92. The smallest absolute Gasteiger partial charge is 0.282 e. The second kappa shape index (κ2) is 4.33. The third-order valence-electron chi connectivity index (χ3n) is 1.64. The number of nitro groups is 1. The Kier molecular flexibility index (Phi) is 3.30. The third kappa shape index (κ3) is 2.58. The van der Waals surface area contributed by atoms with E-state index in [-0.39, 0.29) is 5.69 Å². The van der Waals surface area contributed by atoms with Gasteiger partial charge in [-0.3, -0.25) is 14.7 Å². The first kappa shape index (κ1) is 12.2. The molecular formula is C7H7N3O5S. The van der Waals surface area contributed by atoms with Crippen molar-refractivity contribution in [1.29, 1.82) is 0 Å². The maximum Gasteiger partial charge on any atom is 0.297 e. The van der Waals surface area contributed by atoms with Crippen molar-refractivity contribution < 1.29 is 17.9 Å². The maximum atomic E-state index is 10.9. The molecule has 0 aliphatic rings. The molecule has 0 aromatic heterocycles. The SMILES string of the molecule is CN=Nc1ccc([N+](=O)[O-])cc1S(=O)(=O)O. The summed E-state index contributed by atoms with van der Waals surface area (Å²) < 4.78 is 30.7. The summed E-state index contributed by atoms with van der Waals surface area (Å²) >= 11 is 0. The summed E-state index contributed by atoms with van der Waals surface area (Å²) in [6.07, 6.45) is 0. The Morgan fingerprint density at radius 2 is 2.06 bits per heavy atom. The van der Waals surface area contributed by atoms with Gasteiger partial charge in [0.15, 0.2) is 0 Å². The van der Waals surface area contributed by atoms with Crippen LogP contribution in [0.4, 0.5) is 11.4 Å². The zero-order chi connectivity index (χ0) is 12.3. The summed E-state index contributed by atoms with van der Waals surface area (Å²) in [6, 6.07) is 2.88. The van der Waals surface area contributed by atoms with Crippen molar-refractivity contribution in [2.24, 2.45) is 10.2 Å². The highest BCUT2D eigenvalue weighted by atomic mass is 32.2. The normalized spacial score (nSPS) is 11.9. The zero-order valence-corrected chi connectivity index (χ0v) is 8.88. The molecule has 9 heteroatoms. The Hall–Kier alpha value is -1.87. The Balaban J connectivity index is 3.51. The van der Waals surface area contributed by atoms with Gasteiger partial charge in [0.05, 0.1) is 4.92 Å². The van der Waals surface area contributed by atoms with Crippen LogP contribution in [0.3, 0.4) is 0 Å². The molecule has 1 aromatic rings. The van der Waals surface area contributed by atoms with E-state index in [2.05, 4.69) is 10.2 Å². The molecule has 0 saturated heterocycles. The molecule has 1 rings (SSSR count). The van der Waals surface area contributed by atoms with Crippen molar-refractivity contribution in [2.45, 2.75) is 4.90 Å². The van der Waals surface area contributed by atoms with E-state index in [0.29, 0.717) is 0 Å². The minimum absolute atomic E-state index is 0.157. The van der Waals surface area contributed by atoms with Crippen molar-refractivity contribution in [3.8, 4) is 0 Å². The molecule has 0 amide bonds. The van der Waals surface area contributed by atoms with E-state index < -0.39 is 25.6 Å². The molecule has 0 atom stereocenters. The Labute approximate surface area is 90.5 Å². The van der Waals surface area contributed by atoms with Gasteiger partial charge in [-0.05, 0) is 6.07 Å². The summed E-state index contributed by atoms with van der Waals surface area (Å²) in [5.74, 6) is 0. The van der Waals surface area contributed by atoms with Crippen LogP contribution in [-0.2, 0) is 10.1 Å². The molecule has 0 bridgehead atoms. The molecule has 1 aromatic carbocycles. The van der Waals surface area contributed by atoms with Gasteiger partial charge in [0.1, 0.15) is 10.6 Å². The van der Waals surface area contributed by atoms with Crippen LogP contribution in [0.15, 0.2) is 33.3 Å². The highest BCUT2D eigenvalue weighted by Gasteiger charge is 2.19. The van der Waals surface area contributed by atoms with Crippen LogP contribution in [0.1, 0.15) is 0 Å². The summed E-state index contributed by atoms with van der Waals surface area (Å²) in [5, 5.41) is 17.2. The molecule has 0 fully saturated rings. The second-order valence-electron chi connectivity index (χ2n) is 2.68. The topological polar surface area (TPSA) is 122 Å². The molecule has 0 heterocycles. The number of non-ortho nitro benzene ring substituents is 1. The van der Waals surface area contributed by atoms with Crippen molar-refractivity contribution in [3.63, 3.8) is 0 Å². The van der Waals surface area contributed by atoms with Gasteiger partial charge in [-0.2, -0.15) is 18.6 Å². The molecule has 0 spiro atoms. The average Bonchev–Trinajstić information content (AvgIpc) is 2.16. The van der Waals surface area contributed by atoms with Crippen LogP contribution in [0.25, 0.3) is 0 Å². The van der Waals surface area contributed by atoms with Crippen molar-refractivity contribution in [3.05, 3.63) is 28.3 Å². The minimum Gasteiger partial charge on any atom is -0.282 e. The van der Waals surface area contributed by atoms with Crippen molar-refractivity contribution >= 4 is 21.5 Å². The quantitative estimate of drug-likeness (QED) is 0.374. The monoisotopic (exact) mass is 245 g/mol. The lowest BCUT2D eigenvalue weighted by Crippen LogP contribution is -2.00. The summed E-state index contributed by atoms with van der Waals surface area (Å²) in [4.78, 5) is 9.00. The molecule has 0 unspecified atom stereocenters. The molecular weight excluding hydrogens is 238 g/mol. The first-order valence-corrected chi connectivity index (χ1v) is 5.36. The predicted molar refractivity (Wildman–Crippen MR) is 53.4 cm³/mol. The summed E-state index contributed by atoms with van der Waals surface area (Å²) in [5.41, 5.74) is -0.613. The standard InChI is InChI=1S/C7H7N3O5S/c1-8-9-6-3-2-5(10(11)12)4-7(6)16(13,14)15/h2-4H,1H3,(H,13,14,15). The van der Waals surface area contributed by atoms with Gasteiger partial charge in [-0.15, -0.1) is 0 Å². The van der Waals surface area contributed by atoms with Crippen molar-refractivity contribution in [1.82, 2.24) is 0 Å². The molecule has 0 radical (unpaired) electrons. The van der Waals surface area contributed by atoms with E-state index in [1.54, 1.807) is 0 Å². The first-order chi connectivity index (χ1) is 7.36. The van der Waals surface area contributed by atoms with E-state index in [1.165, 1.54) is 7.05 Å². The molecule has 1 N–H and O–H groups in total. The largest absolute Gasteiger partial charge is 0.297 e. The highest BCUT2D eigenvalue weighted by molar-refractivity contribution is 7.86. The lowest BCUT2D eigenvalue weighted by atomic mass is 10.3. The van der Waals surface area contributed by atoms with Crippen molar-refractivity contribution in [2.75, 3.05) is 7.05 Å². The molecule has 0 aliphatic heterocycles. The van der Waals surface area contributed by atoms with Crippen LogP contribution in [0.5, 0.6) is 0 Å². The minimum atomic E-state index is -4.57. The number of nitro benzene ring substituents is 1. The van der Waals surface area contributed by atoms with Crippen LogP contribution in [0, 0.1) is 10.1 Å². The lowest BCUT2D eigenvalue weighted by molar-refractivity contribution is -0.385. The number of hydrogen-bond acceptors (Lipinski definition) is 6. The van der Waals surface area contributed by atoms with Gasteiger partial charge < -0.3 is 0 Å². The number of azo groups is 1. The highest BCUT2D eigenvalue weighted by Crippen LogP contribution is 2.28. The zero-order valence-electron chi connectivity index (χ0n) is 8.06. The molecule has 8 nitrogen and oxygen atoms in total. The van der Waals surface area contributed by atoms with E-state index in [0.717, 1.165) is 18.2 Å². The Bertz CT molecular complexity index is 551. The fraction of sp³-hybridized carbons (Fsp3) is 0.143. The van der Waals surface area contributed by atoms with E-state index in [1.807, 2.05) is 0 Å². The summed E-state index contributed by atoms with van der Waals surface area (Å²) in [7, 11) is -3.27. The maximum absolute atomic E-state index is 10.9. The number of rotatable bonds is 3. The molecule has 16 heavy (non-hydrogen) atoms. The average molecular weight is 245 g/mol.